The summed E-state index contributed by atoms with van der Waals surface area (Å²) in [6.07, 6.45) is 0.776. The number of aliphatic hydroxyl groups is 1. The van der Waals surface area contributed by atoms with Gasteiger partial charge < -0.3 is 24.5 Å². The van der Waals surface area contributed by atoms with Gasteiger partial charge >= 0.3 is 0 Å². The van der Waals surface area contributed by atoms with E-state index in [0.717, 1.165) is 10.3 Å². The molecule has 6 nitrogen and oxygen atoms in total. The first-order valence-corrected chi connectivity index (χ1v) is 8.40. The Morgan fingerprint density at radius 2 is 1.96 bits per heavy atom. The Hall–Kier alpha value is -1.96. The van der Waals surface area contributed by atoms with Gasteiger partial charge in [0.1, 0.15) is 0 Å². The highest BCUT2D eigenvalue weighted by atomic mass is 32.2. The van der Waals surface area contributed by atoms with Crippen molar-refractivity contribution in [3.63, 3.8) is 0 Å². The van der Waals surface area contributed by atoms with Gasteiger partial charge in [0.15, 0.2) is 17.7 Å². The largest absolute Gasteiger partial charge is 0.618 e. The van der Waals surface area contributed by atoms with E-state index in [2.05, 4.69) is 0 Å². The Morgan fingerprint density at radius 1 is 1.17 bits per heavy atom. The van der Waals surface area contributed by atoms with Crippen LogP contribution in [0.3, 0.4) is 0 Å². The van der Waals surface area contributed by atoms with Gasteiger partial charge in [0, 0.05) is 17.9 Å². The summed E-state index contributed by atoms with van der Waals surface area (Å²) in [4.78, 5) is 0. The van der Waals surface area contributed by atoms with Crippen LogP contribution in [0.2, 0.25) is 0 Å². The molecule has 0 radical (unpaired) electrons. The van der Waals surface area contributed by atoms with Crippen molar-refractivity contribution in [3.05, 3.63) is 53.4 Å². The van der Waals surface area contributed by atoms with Crippen molar-refractivity contribution in [2.24, 2.45) is 0 Å². The Labute approximate surface area is 145 Å². The molecule has 24 heavy (non-hydrogen) atoms. The molecule has 1 atom stereocenters. The second-order valence-electron chi connectivity index (χ2n) is 5.03. The maximum atomic E-state index is 11.5. The van der Waals surface area contributed by atoms with E-state index in [9.17, 15) is 10.3 Å². The lowest BCUT2D eigenvalue weighted by molar-refractivity contribution is -0.645. The van der Waals surface area contributed by atoms with Crippen LogP contribution >= 0.6 is 11.8 Å². The van der Waals surface area contributed by atoms with Crippen molar-refractivity contribution in [2.75, 3.05) is 26.6 Å². The summed E-state index contributed by atoms with van der Waals surface area (Å²) in [7, 11) is 3.16. The second kappa shape index (κ2) is 9.36. The van der Waals surface area contributed by atoms with E-state index in [4.69, 9.17) is 14.2 Å². The fourth-order valence-corrected chi connectivity index (χ4v) is 2.86. The Morgan fingerprint density at radius 3 is 2.67 bits per heavy atom. The molecule has 1 heterocycles. The number of thioether (sulfide) groups is 1. The van der Waals surface area contributed by atoms with Crippen molar-refractivity contribution in [1.82, 2.24) is 0 Å². The van der Waals surface area contributed by atoms with Crippen LogP contribution in [0.15, 0.2) is 47.6 Å². The molecular formula is C17H21NO5S. The Bertz CT molecular complexity index is 653. The minimum atomic E-state index is -0.657. The standard InChI is InChI=1S/C17H21NO5S/c1-21-15-7-6-13(9-16(15)22-2)10-23-11-14(19)12-24-17-5-3-4-8-18(17)20/h3-9,14,19H,10-12H2,1-2H3. The molecule has 0 aliphatic rings. The zero-order valence-corrected chi connectivity index (χ0v) is 14.5. The number of hydrogen-bond acceptors (Lipinski definition) is 6. The third-order valence-corrected chi connectivity index (χ3v) is 4.40. The van der Waals surface area contributed by atoms with E-state index in [1.165, 1.54) is 18.0 Å². The van der Waals surface area contributed by atoms with Gasteiger partial charge in [-0.1, -0.05) is 17.8 Å². The molecule has 0 bridgehead atoms. The molecule has 7 heteroatoms. The zero-order chi connectivity index (χ0) is 17.4. The van der Waals surface area contributed by atoms with Crippen LogP contribution in [0.25, 0.3) is 0 Å². The van der Waals surface area contributed by atoms with E-state index in [1.807, 2.05) is 18.2 Å². The molecule has 0 aliphatic heterocycles. The number of hydrogen-bond donors (Lipinski definition) is 1. The van der Waals surface area contributed by atoms with Gasteiger partial charge in [-0.2, -0.15) is 4.73 Å². The number of ether oxygens (including phenoxy) is 3. The maximum Gasteiger partial charge on any atom is 0.251 e. The fourth-order valence-electron chi connectivity index (χ4n) is 2.04. The van der Waals surface area contributed by atoms with Gasteiger partial charge in [-0.3, -0.25) is 0 Å². The van der Waals surface area contributed by atoms with Gasteiger partial charge in [-0.05, 0) is 23.8 Å². The minimum absolute atomic E-state index is 0.188. The SMILES string of the molecule is COc1ccc(COCC(O)CSc2cccc[n+]2[O-])cc1OC. The first-order valence-electron chi connectivity index (χ1n) is 7.41. The normalized spacial score (nSPS) is 12.0. The lowest BCUT2D eigenvalue weighted by Gasteiger charge is -2.12. The smallest absolute Gasteiger partial charge is 0.251 e. The number of methoxy groups -OCH3 is 2. The molecule has 2 aromatic rings. The monoisotopic (exact) mass is 351 g/mol. The van der Waals surface area contributed by atoms with Crippen LogP contribution in [-0.4, -0.2) is 37.8 Å². The maximum absolute atomic E-state index is 11.5. The molecule has 2 rings (SSSR count). The average Bonchev–Trinajstić information content (AvgIpc) is 2.61. The van der Waals surface area contributed by atoms with E-state index >= 15 is 0 Å². The minimum Gasteiger partial charge on any atom is -0.618 e. The lowest BCUT2D eigenvalue weighted by Crippen LogP contribution is -2.28. The molecule has 1 aromatic carbocycles. The van der Waals surface area contributed by atoms with Crippen LogP contribution in [0.1, 0.15) is 5.56 Å². The van der Waals surface area contributed by atoms with Crippen molar-refractivity contribution in [3.8, 4) is 11.5 Å². The molecule has 0 saturated carbocycles. The fraction of sp³-hybridized carbons (Fsp3) is 0.353. The Balaban J connectivity index is 1.76. The average molecular weight is 351 g/mol. The topological polar surface area (TPSA) is 74.9 Å². The summed E-state index contributed by atoms with van der Waals surface area (Å²) >= 11 is 1.30. The summed E-state index contributed by atoms with van der Waals surface area (Å²) in [5.74, 6) is 1.68. The molecule has 0 fully saturated rings. The highest BCUT2D eigenvalue weighted by Gasteiger charge is 2.11. The summed E-state index contributed by atoms with van der Waals surface area (Å²) in [5, 5.41) is 22.0. The predicted molar refractivity (Wildman–Crippen MR) is 91.3 cm³/mol. The first kappa shape index (κ1) is 18.4. The predicted octanol–water partition coefficient (Wildman–Crippen LogP) is 2.01. The third-order valence-electron chi connectivity index (χ3n) is 3.24. The lowest BCUT2D eigenvalue weighted by atomic mass is 10.2. The molecule has 1 N–H and O–H groups in total. The van der Waals surface area contributed by atoms with Gasteiger partial charge in [-0.15, -0.1) is 0 Å². The molecule has 0 saturated heterocycles. The number of aliphatic hydroxyl groups excluding tert-OH is 1. The summed E-state index contributed by atoms with van der Waals surface area (Å²) in [6.45, 7) is 0.544. The van der Waals surface area contributed by atoms with Gasteiger partial charge in [-0.25, -0.2) is 0 Å². The van der Waals surface area contributed by atoms with Crippen molar-refractivity contribution >= 4 is 11.8 Å². The van der Waals surface area contributed by atoms with Crippen LogP contribution in [0.4, 0.5) is 0 Å². The number of aromatic nitrogens is 1. The van der Waals surface area contributed by atoms with Crippen molar-refractivity contribution in [1.29, 1.82) is 0 Å². The van der Waals surface area contributed by atoms with Crippen LogP contribution in [-0.2, 0) is 11.3 Å². The second-order valence-corrected chi connectivity index (χ2v) is 6.07. The van der Waals surface area contributed by atoms with Crippen LogP contribution in [0, 0.1) is 5.21 Å². The number of benzene rings is 1. The number of pyridine rings is 1. The molecule has 130 valence electrons. The zero-order valence-electron chi connectivity index (χ0n) is 13.7. The highest BCUT2D eigenvalue weighted by molar-refractivity contribution is 7.99. The van der Waals surface area contributed by atoms with E-state index in [-0.39, 0.29) is 6.61 Å². The number of nitrogens with zero attached hydrogens (tertiary/aromatic N) is 1. The summed E-state index contributed by atoms with van der Waals surface area (Å²) < 4.78 is 16.7. The van der Waals surface area contributed by atoms with E-state index in [0.29, 0.717) is 28.9 Å². The Kier molecular flexibility index (Phi) is 7.17. The third kappa shape index (κ3) is 5.30. The van der Waals surface area contributed by atoms with Gasteiger partial charge in [0.05, 0.1) is 33.5 Å². The highest BCUT2D eigenvalue weighted by Crippen LogP contribution is 2.27. The van der Waals surface area contributed by atoms with Gasteiger partial charge in [0.2, 0.25) is 0 Å². The van der Waals surface area contributed by atoms with Crippen molar-refractivity contribution in [2.45, 2.75) is 17.7 Å². The quantitative estimate of drug-likeness (QED) is 0.423. The summed E-state index contributed by atoms with van der Waals surface area (Å²) in [5.41, 5.74) is 0.924. The molecule has 1 aromatic heterocycles. The molecular weight excluding hydrogens is 330 g/mol. The molecule has 1 unspecified atom stereocenters. The molecule has 0 spiro atoms. The van der Waals surface area contributed by atoms with Crippen molar-refractivity contribution < 1.29 is 24.0 Å². The molecule has 0 aliphatic carbocycles. The summed E-state index contributed by atoms with van der Waals surface area (Å²) in [6, 6.07) is 10.7. The van der Waals surface area contributed by atoms with Crippen LogP contribution < -0.4 is 14.2 Å². The van der Waals surface area contributed by atoms with Crippen LogP contribution in [0.5, 0.6) is 11.5 Å². The van der Waals surface area contributed by atoms with E-state index in [1.54, 1.807) is 32.4 Å². The first-order chi connectivity index (χ1) is 11.6. The van der Waals surface area contributed by atoms with Gasteiger partial charge in [0.25, 0.3) is 5.03 Å². The number of rotatable bonds is 9. The van der Waals surface area contributed by atoms with E-state index < -0.39 is 6.10 Å². The molecule has 0 amide bonds.